The van der Waals surface area contributed by atoms with E-state index < -0.39 is 0 Å². The van der Waals surface area contributed by atoms with Crippen LogP contribution in [0.3, 0.4) is 0 Å². The molecule has 0 rings (SSSR count). The normalized spacial score (nSPS) is 8.71. The Morgan fingerprint density at radius 2 is 1.86 bits per heavy atom. The number of hydrogen-bond acceptors (Lipinski definition) is 1. The monoisotopic (exact) mass is 186 g/mol. The van der Waals surface area contributed by atoms with Gasteiger partial charge in [0.05, 0.1) is 6.42 Å². The molecule has 0 heterocycles. The Balaban J connectivity index is 3.97. The first-order valence-corrected chi connectivity index (χ1v) is 4.41. The van der Waals surface area contributed by atoms with Gasteiger partial charge in [-0.15, -0.1) is 6.42 Å². The predicted molar refractivity (Wildman–Crippen MR) is 58.1 cm³/mol. The van der Waals surface area contributed by atoms with Crippen molar-refractivity contribution < 1.29 is 4.79 Å². The van der Waals surface area contributed by atoms with Crippen LogP contribution in [0.1, 0.15) is 33.6 Å². The van der Waals surface area contributed by atoms with Gasteiger partial charge in [-0.25, -0.2) is 0 Å². The van der Waals surface area contributed by atoms with Gasteiger partial charge in [0.25, 0.3) is 0 Å². The second kappa shape index (κ2) is 5.90. The summed E-state index contributed by atoms with van der Waals surface area (Å²) < 4.78 is 0. The van der Waals surface area contributed by atoms with Crippen LogP contribution < -0.4 is 0 Å². The summed E-state index contributed by atoms with van der Waals surface area (Å²) in [5, 5.41) is 0. The minimum absolute atomic E-state index is 0.0310. The van der Waals surface area contributed by atoms with Crippen molar-refractivity contribution >= 4 is 5.78 Å². The van der Waals surface area contributed by atoms with Crippen LogP contribution in [-0.2, 0) is 4.79 Å². The SMILES string of the molecule is C#CC#CC#CCC(=O)CC(C)(C)C. The molecule has 0 N–H and O–H groups in total. The van der Waals surface area contributed by atoms with Crippen LogP contribution in [0.25, 0.3) is 0 Å². The van der Waals surface area contributed by atoms with E-state index in [0.717, 1.165) is 0 Å². The summed E-state index contributed by atoms with van der Waals surface area (Å²) >= 11 is 0. The Morgan fingerprint density at radius 1 is 1.21 bits per heavy atom. The van der Waals surface area contributed by atoms with Crippen LogP contribution in [-0.4, -0.2) is 5.78 Å². The molecule has 0 saturated heterocycles. The third kappa shape index (κ3) is 8.45. The number of carbonyl (C=O) groups excluding carboxylic acids is 1. The average Bonchev–Trinajstić information content (AvgIpc) is 2.00. The summed E-state index contributed by atoms with van der Waals surface area (Å²) in [7, 11) is 0. The molecule has 0 saturated carbocycles. The largest absolute Gasteiger partial charge is 0.299 e. The summed E-state index contributed by atoms with van der Waals surface area (Å²) in [5.41, 5.74) is 0.0310. The molecule has 0 fully saturated rings. The Labute approximate surface area is 86.3 Å². The van der Waals surface area contributed by atoms with Gasteiger partial charge in [0.1, 0.15) is 5.78 Å². The number of Topliss-reactive ketones (excluding diaryl/α,β-unsaturated/α-hetero) is 1. The van der Waals surface area contributed by atoms with Crippen molar-refractivity contribution in [2.75, 3.05) is 0 Å². The summed E-state index contributed by atoms with van der Waals surface area (Å²) in [6.07, 6.45) is 5.70. The van der Waals surface area contributed by atoms with E-state index in [-0.39, 0.29) is 17.6 Å². The molecule has 0 radical (unpaired) electrons. The Morgan fingerprint density at radius 3 is 2.36 bits per heavy atom. The van der Waals surface area contributed by atoms with Gasteiger partial charge in [-0.05, 0) is 29.1 Å². The van der Waals surface area contributed by atoms with E-state index >= 15 is 0 Å². The Bertz CT molecular complexity index is 352. The van der Waals surface area contributed by atoms with Crippen LogP contribution in [0, 0.1) is 41.4 Å². The Hall–Kier alpha value is -1.65. The highest BCUT2D eigenvalue weighted by Crippen LogP contribution is 2.19. The second-order valence-corrected chi connectivity index (χ2v) is 4.15. The summed E-state index contributed by atoms with van der Waals surface area (Å²) in [5.74, 6) is 12.3. The lowest BCUT2D eigenvalue weighted by atomic mass is 9.89. The number of rotatable bonds is 2. The molecule has 0 aliphatic carbocycles. The standard InChI is InChI=1S/C13H14O/c1-5-6-7-8-9-10-12(14)11-13(2,3)4/h1H,10-11H2,2-4H3. The molecule has 0 aromatic rings. The third-order valence-corrected chi connectivity index (χ3v) is 1.30. The quantitative estimate of drug-likeness (QED) is 0.603. The molecule has 0 aromatic carbocycles. The van der Waals surface area contributed by atoms with Crippen molar-refractivity contribution in [2.24, 2.45) is 5.41 Å². The first-order valence-electron chi connectivity index (χ1n) is 4.41. The van der Waals surface area contributed by atoms with E-state index in [1.807, 2.05) is 20.8 Å². The van der Waals surface area contributed by atoms with Crippen molar-refractivity contribution in [3.8, 4) is 36.0 Å². The van der Waals surface area contributed by atoms with Crippen LogP contribution in [0.2, 0.25) is 0 Å². The molecule has 0 atom stereocenters. The molecule has 0 unspecified atom stereocenters. The maximum absolute atomic E-state index is 11.3. The van der Waals surface area contributed by atoms with Gasteiger partial charge in [-0.2, -0.15) is 0 Å². The van der Waals surface area contributed by atoms with E-state index in [4.69, 9.17) is 6.42 Å². The van der Waals surface area contributed by atoms with Crippen LogP contribution in [0.4, 0.5) is 0 Å². The number of carbonyl (C=O) groups is 1. The van der Waals surface area contributed by atoms with Crippen LogP contribution in [0.5, 0.6) is 0 Å². The average molecular weight is 186 g/mol. The van der Waals surface area contributed by atoms with Gasteiger partial charge in [-0.1, -0.05) is 26.7 Å². The van der Waals surface area contributed by atoms with Gasteiger partial charge in [-0.3, -0.25) is 4.79 Å². The molecule has 0 aliphatic heterocycles. The highest BCUT2D eigenvalue weighted by molar-refractivity contribution is 5.81. The molecule has 72 valence electrons. The van der Waals surface area contributed by atoms with Gasteiger partial charge in [0.2, 0.25) is 0 Å². The summed E-state index contributed by atoms with van der Waals surface area (Å²) in [4.78, 5) is 11.3. The van der Waals surface area contributed by atoms with Crippen molar-refractivity contribution in [3.63, 3.8) is 0 Å². The van der Waals surface area contributed by atoms with E-state index in [9.17, 15) is 4.79 Å². The summed E-state index contributed by atoms with van der Waals surface area (Å²) in [6, 6.07) is 0. The minimum Gasteiger partial charge on any atom is -0.299 e. The van der Waals surface area contributed by atoms with Crippen molar-refractivity contribution in [1.82, 2.24) is 0 Å². The third-order valence-electron chi connectivity index (χ3n) is 1.30. The smallest absolute Gasteiger partial charge is 0.145 e. The predicted octanol–water partition coefficient (Wildman–Crippen LogP) is 2.02. The minimum atomic E-state index is 0.0310. The van der Waals surface area contributed by atoms with Gasteiger partial charge in [0.15, 0.2) is 0 Å². The molecular formula is C13H14O. The lowest BCUT2D eigenvalue weighted by Gasteiger charge is -2.15. The molecule has 1 heteroatoms. The number of terminal acetylenes is 1. The number of hydrogen-bond donors (Lipinski definition) is 0. The lowest BCUT2D eigenvalue weighted by molar-refractivity contribution is -0.119. The zero-order chi connectivity index (χ0) is 11.0. The Kier molecular flexibility index (Phi) is 5.21. The highest BCUT2D eigenvalue weighted by Gasteiger charge is 2.14. The molecule has 1 nitrogen and oxygen atoms in total. The second-order valence-electron chi connectivity index (χ2n) is 4.15. The lowest BCUT2D eigenvalue weighted by Crippen LogP contribution is -2.11. The molecule has 0 bridgehead atoms. The maximum Gasteiger partial charge on any atom is 0.145 e. The van der Waals surface area contributed by atoms with Crippen LogP contribution in [0.15, 0.2) is 0 Å². The van der Waals surface area contributed by atoms with E-state index in [0.29, 0.717) is 6.42 Å². The fraction of sp³-hybridized carbons (Fsp3) is 0.462. The van der Waals surface area contributed by atoms with Crippen molar-refractivity contribution in [1.29, 1.82) is 0 Å². The zero-order valence-electron chi connectivity index (χ0n) is 8.90. The summed E-state index contributed by atoms with van der Waals surface area (Å²) in [6.45, 7) is 6.07. The van der Waals surface area contributed by atoms with E-state index in [1.54, 1.807) is 0 Å². The zero-order valence-corrected chi connectivity index (χ0v) is 8.90. The number of ketones is 1. The molecule has 0 amide bonds. The fourth-order valence-electron chi connectivity index (χ4n) is 0.908. The van der Waals surface area contributed by atoms with Gasteiger partial charge >= 0.3 is 0 Å². The molecule has 0 spiro atoms. The molecule has 0 aromatic heterocycles. The van der Waals surface area contributed by atoms with Crippen molar-refractivity contribution in [2.45, 2.75) is 33.6 Å². The van der Waals surface area contributed by atoms with Gasteiger partial charge < -0.3 is 0 Å². The molecule has 0 aliphatic rings. The topological polar surface area (TPSA) is 17.1 Å². The molecule has 14 heavy (non-hydrogen) atoms. The van der Waals surface area contributed by atoms with Crippen molar-refractivity contribution in [3.05, 3.63) is 0 Å². The maximum atomic E-state index is 11.3. The highest BCUT2D eigenvalue weighted by atomic mass is 16.1. The van der Waals surface area contributed by atoms with Gasteiger partial charge in [0, 0.05) is 6.42 Å². The van der Waals surface area contributed by atoms with E-state index in [1.165, 1.54) is 0 Å². The fourth-order valence-corrected chi connectivity index (χ4v) is 0.908. The first kappa shape index (κ1) is 12.3. The van der Waals surface area contributed by atoms with E-state index in [2.05, 4.69) is 29.6 Å². The van der Waals surface area contributed by atoms with Crippen LogP contribution >= 0.6 is 0 Å². The first-order chi connectivity index (χ1) is 6.45. The molecular weight excluding hydrogens is 172 g/mol.